The number of carbonyl (C=O) groups is 2. The van der Waals surface area contributed by atoms with E-state index in [0.717, 1.165) is 16.9 Å². The Hall–Kier alpha value is -5.58. The van der Waals surface area contributed by atoms with Gasteiger partial charge in [0.15, 0.2) is 5.75 Å². The van der Waals surface area contributed by atoms with Crippen molar-refractivity contribution in [2.45, 2.75) is 13.5 Å². The van der Waals surface area contributed by atoms with E-state index in [0.29, 0.717) is 29.0 Å². The van der Waals surface area contributed by atoms with Gasteiger partial charge in [-0.25, -0.2) is 0 Å². The van der Waals surface area contributed by atoms with Crippen molar-refractivity contribution in [3.8, 4) is 28.4 Å². The number of para-hydroxylation sites is 1. The second kappa shape index (κ2) is 12.7. The molecule has 11 nitrogen and oxygen atoms in total. The van der Waals surface area contributed by atoms with Crippen LogP contribution in [0, 0.1) is 17.0 Å². The molecule has 0 bridgehead atoms. The van der Waals surface area contributed by atoms with E-state index in [9.17, 15) is 19.7 Å². The number of carbonyl (C=O) groups excluding carboxylic acids is 2. The highest BCUT2D eigenvalue weighted by Crippen LogP contribution is 2.43. The Bertz CT molecular complexity index is 1640. The van der Waals surface area contributed by atoms with Gasteiger partial charge in [-0.1, -0.05) is 30.3 Å². The van der Waals surface area contributed by atoms with Crippen molar-refractivity contribution in [2.75, 3.05) is 37.2 Å². The van der Waals surface area contributed by atoms with Crippen LogP contribution in [0.4, 0.5) is 22.7 Å². The highest BCUT2D eigenvalue weighted by Gasteiger charge is 2.26. The first-order chi connectivity index (χ1) is 20.2. The van der Waals surface area contributed by atoms with Crippen LogP contribution in [-0.4, -0.2) is 38.5 Å². The molecule has 0 heterocycles. The third-order valence-corrected chi connectivity index (χ3v) is 6.70. The smallest absolute Gasteiger partial charge is 0.292 e. The molecule has 0 aliphatic rings. The number of amides is 2. The average molecular weight is 571 g/mol. The van der Waals surface area contributed by atoms with Crippen molar-refractivity contribution in [1.82, 2.24) is 0 Å². The van der Waals surface area contributed by atoms with E-state index in [2.05, 4.69) is 5.32 Å². The first-order valence-corrected chi connectivity index (χ1v) is 12.8. The fourth-order valence-electron chi connectivity index (χ4n) is 4.52. The molecule has 0 unspecified atom stereocenters. The second-order valence-electron chi connectivity index (χ2n) is 9.30. The maximum absolute atomic E-state index is 13.9. The fraction of sp³-hybridized carbons (Fsp3) is 0.161. The Morgan fingerprint density at radius 3 is 2.40 bits per heavy atom. The third-order valence-electron chi connectivity index (χ3n) is 6.70. The lowest BCUT2D eigenvalue weighted by molar-refractivity contribution is -0.383. The second-order valence-corrected chi connectivity index (χ2v) is 9.30. The Morgan fingerprint density at radius 2 is 1.76 bits per heavy atom. The molecular weight excluding hydrogens is 540 g/mol. The van der Waals surface area contributed by atoms with Gasteiger partial charge in [0.05, 0.1) is 36.1 Å². The number of nitro benzene ring substituents is 1. The van der Waals surface area contributed by atoms with Crippen LogP contribution >= 0.6 is 0 Å². The summed E-state index contributed by atoms with van der Waals surface area (Å²) in [7, 11) is 4.56. The number of rotatable bonds is 11. The number of hydrogen-bond donors (Lipinski definition) is 2. The summed E-state index contributed by atoms with van der Waals surface area (Å²) in [5.41, 5.74) is 9.00. The van der Waals surface area contributed by atoms with Crippen LogP contribution in [0.15, 0.2) is 72.8 Å². The predicted octanol–water partition coefficient (Wildman–Crippen LogP) is 5.59. The highest BCUT2D eigenvalue weighted by atomic mass is 16.6. The Balaban J connectivity index is 1.72. The van der Waals surface area contributed by atoms with E-state index in [1.165, 1.54) is 30.2 Å². The summed E-state index contributed by atoms with van der Waals surface area (Å²) in [5, 5.41) is 14.0. The van der Waals surface area contributed by atoms with Gasteiger partial charge in [0.2, 0.25) is 6.41 Å². The standard InChI is InChI=1S/C31H30N4O7/c1-19-8-15-25(27(16-19)42-17-20-9-11-21(40-3)12-10-20)34(2)31(37)24-14-13-23(30(41-4)29(24)33-18-36)22-6-5-7-26(28(22)32)35(38)39/h5-16,18H,17,32H2,1-4H3,(H,33,36). The predicted molar refractivity (Wildman–Crippen MR) is 160 cm³/mol. The van der Waals surface area contributed by atoms with Gasteiger partial charge in [-0.3, -0.25) is 19.7 Å². The molecule has 3 N–H and O–H groups in total. The summed E-state index contributed by atoms with van der Waals surface area (Å²) in [6.07, 6.45) is 0.421. The van der Waals surface area contributed by atoms with Gasteiger partial charge in [0, 0.05) is 24.2 Å². The molecule has 42 heavy (non-hydrogen) atoms. The monoisotopic (exact) mass is 570 g/mol. The van der Waals surface area contributed by atoms with Gasteiger partial charge in [0.25, 0.3) is 11.6 Å². The lowest BCUT2D eigenvalue weighted by atomic mass is 9.97. The van der Waals surface area contributed by atoms with E-state index in [4.69, 9.17) is 19.9 Å². The fourth-order valence-corrected chi connectivity index (χ4v) is 4.52. The van der Waals surface area contributed by atoms with E-state index in [1.54, 1.807) is 32.4 Å². The van der Waals surface area contributed by atoms with Crippen molar-refractivity contribution in [3.05, 3.63) is 99.6 Å². The van der Waals surface area contributed by atoms with Crippen molar-refractivity contribution >= 4 is 35.1 Å². The number of methoxy groups -OCH3 is 2. The van der Waals surface area contributed by atoms with Gasteiger partial charge in [-0.2, -0.15) is 0 Å². The number of nitro groups is 1. The molecule has 4 aromatic rings. The number of anilines is 3. The first-order valence-electron chi connectivity index (χ1n) is 12.8. The van der Waals surface area contributed by atoms with Crippen molar-refractivity contribution in [1.29, 1.82) is 0 Å². The summed E-state index contributed by atoms with van der Waals surface area (Å²) >= 11 is 0. The van der Waals surface area contributed by atoms with Crippen LogP contribution in [0.25, 0.3) is 11.1 Å². The summed E-state index contributed by atoms with van der Waals surface area (Å²) in [6, 6.07) is 20.4. The zero-order valence-electron chi connectivity index (χ0n) is 23.5. The van der Waals surface area contributed by atoms with E-state index in [1.807, 2.05) is 43.3 Å². The molecule has 0 saturated heterocycles. The molecule has 0 atom stereocenters. The Kier molecular flexibility index (Phi) is 8.91. The highest BCUT2D eigenvalue weighted by molar-refractivity contribution is 6.12. The molecule has 216 valence electrons. The molecule has 0 radical (unpaired) electrons. The van der Waals surface area contributed by atoms with Crippen molar-refractivity contribution < 1.29 is 28.7 Å². The molecule has 0 spiro atoms. The average Bonchev–Trinajstić information content (AvgIpc) is 2.99. The number of benzene rings is 4. The lowest BCUT2D eigenvalue weighted by Crippen LogP contribution is -2.28. The molecule has 4 aromatic carbocycles. The number of nitrogens with two attached hydrogens (primary N) is 1. The first kappa shape index (κ1) is 29.4. The maximum Gasteiger partial charge on any atom is 0.292 e. The molecule has 4 rings (SSSR count). The van der Waals surface area contributed by atoms with Crippen LogP contribution in [-0.2, 0) is 11.4 Å². The molecule has 0 aromatic heterocycles. The van der Waals surface area contributed by atoms with Gasteiger partial charge in [-0.15, -0.1) is 0 Å². The lowest BCUT2D eigenvalue weighted by Gasteiger charge is -2.24. The maximum atomic E-state index is 13.9. The molecule has 0 fully saturated rings. The number of hydrogen-bond acceptors (Lipinski definition) is 8. The minimum atomic E-state index is -0.585. The zero-order valence-corrected chi connectivity index (χ0v) is 23.5. The summed E-state index contributed by atoms with van der Waals surface area (Å²) in [4.78, 5) is 37.8. The molecule has 0 aliphatic carbocycles. The topological polar surface area (TPSA) is 146 Å². The minimum absolute atomic E-state index is 0.0765. The van der Waals surface area contributed by atoms with Gasteiger partial charge < -0.3 is 30.2 Å². The number of nitrogens with one attached hydrogen (secondary N) is 1. The van der Waals surface area contributed by atoms with Crippen LogP contribution in [0.1, 0.15) is 21.5 Å². The van der Waals surface area contributed by atoms with E-state index >= 15 is 0 Å². The minimum Gasteiger partial charge on any atom is -0.497 e. The summed E-state index contributed by atoms with van der Waals surface area (Å²) < 4.78 is 16.9. The quantitative estimate of drug-likeness (QED) is 0.103. The SMILES string of the molecule is COc1ccc(COc2cc(C)ccc2N(C)C(=O)c2ccc(-c3cccc([N+](=O)[O-])c3N)c(OC)c2NC=O)cc1. The summed E-state index contributed by atoms with van der Waals surface area (Å²) in [6.45, 7) is 2.18. The van der Waals surface area contributed by atoms with Crippen LogP contribution < -0.4 is 30.2 Å². The number of ether oxygens (including phenoxy) is 3. The summed E-state index contributed by atoms with van der Waals surface area (Å²) in [5.74, 6) is 0.872. The van der Waals surface area contributed by atoms with Crippen molar-refractivity contribution in [2.24, 2.45) is 0 Å². The van der Waals surface area contributed by atoms with Gasteiger partial charge in [0.1, 0.15) is 23.8 Å². The normalized spacial score (nSPS) is 10.5. The molecular formula is C31H30N4O7. The van der Waals surface area contributed by atoms with Gasteiger partial charge >= 0.3 is 0 Å². The molecule has 2 amide bonds. The van der Waals surface area contributed by atoms with Crippen LogP contribution in [0.3, 0.4) is 0 Å². The Morgan fingerprint density at radius 1 is 1.02 bits per heavy atom. The van der Waals surface area contributed by atoms with E-state index < -0.39 is 10.8 Å². The van der Waals surface area contributed by atoms with Crippen LogP contribution in [0.2, 0.25) is 0 Å². The molecule has 0 saturated carbocycles. The molecule has 11 heteroatoms. The number of nitrogens with zero attached hydrogens (tertiary/aromatic N) is 2. The number of aryl methyl sites for hydroxylation is 1. The van der Waals surface area contributed by atoms with Crippen LogP contribution in [0.5, 0.6) is 17.2 Å². The van der Waals surface area contributed by atoms with Crippen molar-refractivity contribution in [3.63, 3.8) is 0 Å². The largest absolute Gasteiger partial charge is 0.497 e. The number of nitrogen functional groups attached to an aromatic ring is 1. The van der Waals surface area contributed by atoms with E-state index in [-0.39, 0.29) is 35.0 Å². The van der Waals surface area contributed by atoms with Gasteiger partial charge in [-0.05, 0) is 54.4 Å². The third kappa shape index (κ3) is 5.94. The molecule has 0 aliphatic heterocycles. The Labute approximate surface area is 242 Å². The zero-order chi connectivity index (χ0) is 30.4.